The highest BCUT2D eigenvalue weighted by atomic mass is 32.1. The van der Waals surface area contributed by atoms with Crippen molar-refractivity contribution in [2.24, 2.45) is 0 Å². The molecule has 0 bridgehead atoms. The number of H-pyrrole nitrogens is 1. The van der Waals surface area contributed by atoms with Crippen LogP contribution in [0.2, 0.25) is 0 Å². The standard InChI is InChI=1S/C15H21N3S/c1-3-17(4-2)10-11-18-12-14(16-15(18)19)13-8-6-5-7-9-13/h5-9,12H,3-4,10-11H2,1-2H3,(H,16,19). The molecule has 0 atom stereocenters. The van der Waals surface area contributed by atoms with Crippen molar-refractivity contribution in [1.82, 2.24) is 14.5 Å². The number of imidazole rings is 1. The molecular formula is C15H21N3S. The van der Waals surface area contributed by atoms with E-state index in [-0.39, 0.29) is 0 Å². The Morgan fingerprint density at radius 2 is 1.84 bits per heavy atom. The molecule has 4 heteroatoms. The summed E-state index contributed by atoms with van der Waals surface area (Å²) < 4.78 is 2.92. The Hall–Kier alpha value is -1.39. The highest BCUT2D eigenvalue weighted by Gasteiger charge is 2.04. The van der Waals surface area contributed by atoms with Gasteiger partial charge in [0.05, 0.1) is 5.69 Å². The summed E-state index contributed by atoms with van der Waals surface area (Å²) in [6.07, 6.45) is 2.11. The first kappa shape index (κ1) is 14.0. The van der Waals surface area contributed by atoms with Crippen LogP contribution in [0, 0.1) is 4.77 Å². The van der Waals surface area contributed by atoms with Crippen LogP contribution in [-0.4, -0.2) is 34.1 Å². The van der Waals surface area contributed by atoms with E-state index in [1.807, 2.05) is 18.2 Å². The fourth-order valence-electron chi connectivity index (χ4n) is 2.15. The zero-order chi connectivity index (χ0) is 13.7. The smallest absolute Gasteiger partial charge is 0.177 e. The second-order valence-electron chi connectivity index (χ2n) is 4.56. The van der Waals surface area contributed by atoms with Gasteiger partial charge < -0.3 is 14.5 Å². The third kappa shape index (κ3) is 3.55. The first-order chi connectivity index (χ1) is 9.24. The molecule has 1 aromatic heterocycles. The minimum absolute atomic E-state index is 0.797. The summed E-state index contributed by atoms with van der Waals surface area (Å²) in [5.41, 5.74) is 2.26. The van der Waals surface area contributed by atoms with Gasteiger partial charge in [0.1, 0.15) is 0 Å². The molecule has 1 aromatic carbocycles. The fourth-order valence-corrected chi connectivity index (χ4v) is 2.41. The Morgan fingerprint density at radius 1 is 1.16 bits per heavy atom. The number of benzene rings is 1. The molecule has 0 saturated heterocycles. The zero-order valence-corrected chi connectivity index (χ0v) is 12.4. The second kappa shape index (κ2) is 6.68. The van der Waals surface area contributed by atoms with Gasteiger partial charge in [0, 0.05) is 19.3 Å². The molecule has 0 aliphatic rings. The van der Waals surface area contributed by atoms with Crippen LogP contribution < -0.4 is 0 Å². The molecule has 0 spiro atoms. The molecule has 2 aromatic rings. The van der Waals surface area contributed by atoms with Crippen LogP contribution in [0.15, 0.2) is 36.5 Å². The van der Waals surface area contributed by atoms with Gasteiger partial charge in [0.25, 0.3) is 0 Å². The number of hydrogen-bond donors (Lipinski definition) is 1. The van der Waals surface area contributed by atoms with Crippen molar-refractivity contribution in [3.8, 4) is 11.3 Å². The molecule has 0 fully saturated rings. The van der Waals surface area contributed by atoms with Gasteiger partial charge in [-0.2, -0.15) is 0 Å². The zero-order valence-electron chi connectivity index (χ0n) is 11.6. The fraction of sp³-hybridized carbons (Fsp3) is 0.400. The van der Waals surface area contributed by atoms with Gasteiger partial charge in [-0.1, -0.05) is 44.2 Å². The van der Waals surface area contributed by atoms with Crippen molar-refractivity contribution in [3.63, 3.8) is 0 Å². The molecule has 3 nitrogen and oxygen atoms in total. The van der Waals surface area contributed by atoms with Gasteiger partial charge in [0.15, 0.2) is 4.77 Å². The molecule has 0 saturated carbocycles. The molecule has 0 unspecified atom stereocenters. The van der Waals surface area contributed by atoms with Gasteiger partial charge >= 0.3 is 0 Å². The van der Waals surface area contributed by atoms with E-state index in [4.69, 9.17) is 12.2 Å². The molecule has 0 amide bonds. The van der Waals surface area contributed by atoms with Crippen LogP contribution in [0.3, 0.4) is 0 Å². The Labute approximate surface area is 119 Å². The molecule has 2 rings (SSSR count). The number of rotatable bonds is 6. The van der Waals surface area contributed by atoms with Crippen molar-refractivity contribution in [2.75, 3.05) is 19.6 Å². The van der Waals surface area contributed by atoms with E-state index in [0.29, 0.717) is 0 Å². The summed E-state index contributed by atoms with van der Waals surface area (Å²) in [5.74, 6) is 0. The number of nitrogens with zero attached hydrogens (tertiary/aromatic N) is 2. The number of aromatic amines is 1. The first-order valence-corrected chi connectivity index (χ1v) is 7.22. The maximum atomic E-state index is 5.39. The van der Waals surface area contributed by atoms with Crippen LogP contribution in [0.4, 0.5) is 0 Å². The average molecular weight is 275 g/mol. The number of hydrogen-bond acceptors (Lipinski definition) is 2. The summed E-state index contributed by atoms with van der Waals surface area (Å²) in [5, 5.41) is 0. The normalized spacial score (nSPS) is 11.1. The molecule has 102 valence electrons. The lowest BCUT2D eigenvalue weighted by molar-refractivity contribution is 0.290. The van der Waals surface area contributed by atoms with Gasteiger partial charge in [-0.3, -0.25) is 0 Å². The van der Waals surface area contributed by atoms with E-state index < -0.39 is 0 Å². The van der Waals surface area contributed by atoms with E-state index >= 15 is 0 Å². The van der Waals surface area contributed by atoms with Crippen LogP contribution in [0.25, 0.3) is 11.3 Å². The summed E-state index contributed by atoms with van der Waals surface area (Å²) in [6.45, 7) is 8.52. The van der Waals surface area contributed by atoms with Crippen molar-refractivity contribution in [3.05, 3.63) is 41.3 Å². The minimum atomic E-state index is 0.797. The quantitative estimate of drug-likeness (QED) is 0.815. The van der Waals surface area contributed by atoms with E-state index in [1.165, 1.54) is 5.56 Å². The summed E-state index contributed by atoms with van der Waals surface area (Å²) >= 11 is 5.39. The third-order valence-corrected chi connectivity index (χ3v) is 3.76. The minimum Gasteiger partial charge on any atom is -0.331 e. The van der Waals surface area contributed by atoms with Gasteiger partial charge in [-0.25, -0.2) is 0 Å². The highest BCUT2D eigenvalue weighted by Crippen LogP contribution is 2.16. The van der Waals surface area contributed by atoms with Crippen molar-refractivity contribution in [2.45, 2.75) is 20.4 Å². The van der Waals surface area contributed by atoms with E-state index in [1.54, 1.807) is 0 Å². The van der Waals surface area contributed by atoms with Crippen molar-refractivity contribution >= 4 is 12.2 Å². The SMILES string of the molecule is CCN(CC)CCn1cc(-c2ccccc2)[nH]c1=S. The van der Waals surface area contributed by atoms with E-state index in [9.17, 15) is 0 Å². The Bertz CT molecular complexity index is 552. The van der Waals surface area contributed by atoms with Crippen LogP contribution >= 0.6 is 12.2 Å². The summed E-state index contributed by atoms with van der Waals surface area (Å²) in [4.78, 5) is 5.68. The lowest BCUT2D eigenvalue weighted by atomic mass is 10.2. The predicted octanol–water partition coefficient (Wildman–Crippen LogP) is 3.55. The van der Waals surface area contributed by atoms with E-state index in [2.05, 4.69) is 46.6 Å². The Morgan fingerprint density at radius 3 is 2.47 bits per heavy atom. The van der Waals surface area contributed by atoms with Gasteiger partial charge in [-0.05, 0) is 30.9 Å². The lowest BCUT2D eigenvalue weighted by Gasteiger charge is -2.17. The number of likely N-dealkylation sites (N-methyl/N-ethyl adjacent to an activating group) is 1. The molecule has 19 heavy (non-hydrogen) atoms. The number of nitrogens with one attached hydrogen (secondary N) is 1. The predicted molar refractivity (Wildman–Crippen MR) is 82.8 cm³/mol. The van der Waals surface area contributed by atoms with Gasteiger partial charge in [0.2, 0.25) is 0 Å². The molecule has 1 heterocycles. The summed E-state index contributed by atoms with van der Waals surface area (Å²) in [6, 6.07) is 10.3. The molecule has 1 N–H and O–H groups in total. The van der Waals surface area contributed by atoms with Crippen molar-refractivity contribution in [1.29, 1.82) is 0 Å². The second-order valence-corrected chi connectivity index (χ2v) is 4.95. The Kier molecular flexibility index (Phi) is 4.93. The van der Waals surface area contributed by atoms with Crippen LogP contribution in [0.5, 0.6) is 0 Å². The molecular weight excluding hydrogens is 254 g/mol. The maximum Gasteiger partial charge on any atom is 0.177 e. The average Bonchev–Trinajstić information content (AvgIpc) is 2.82. The first-order valence-electron chi connectivity index (χ1n) is 6.81. The van der Waals surface area contributed by atoms with E-state index in [0.717, 1.165) is 36.6 Å². The van der Waals surface area contributed by atoms with Crippen LogP contribution in [-0.2, 0) is 6.54 Å². The molecule has 0 aliphatic carbocycles. The lowest BCUT2D eigenvalue weighted by Crippen LogP contribution is -2.26. The topological polar surface area (TPSA) is 24.0 Å². The van der Waals surface area contributed by atoms with Crippen molar-refractivity contribution < 1.29 is 0 Å². The summed E-state index contributed by atoms with van der Waals surface area (Å²) in [7, 11) is 0. The third-order valence-electron chi connectivity index (χ3n) is 3.42. The largest absolute Gasteiger partial charge is 0.331 e. The molecule has 0 radical (unpaired) electrons. The molecule has 0 aliphatic heterocycles. The number of aromatic nitrogens is 2. The van der Waals surface area contributed by atoms with Gasteiger partial charge in [-0.15, -0.1) is 0 Å². The monoisotopic (exact) mass is 275 g/mol. The van der Waals surface area contributed by atoms with Crippen LogP contribution in [0.1, 0.15) is 13.8 Å². The maximum absolute atomic E-state index is 5.39. The Balaban J connectivity index is 2.12. The highest BCUT2D eigenvalue weighted by molar-refractivity contribution is 7.71.